The smallest absolute Gasteiger partial charge is 0.221 e. The second-order valence-electron chi connectivity index (χ2n) is 5.63. The van der Waals surface area contributed by atoms with Crippen LogP contribution in [0.3, 0.4) is 0 Å². The lowest BCUT2D eigenvalue weighted by Crippen LogP contribution is -2.37. The number of carbonyl (C=O) groups excluding carboxylic acids is 1. The molecule has 1 aliphatic rings. The van der Waals surface area contributed by atoms with E-state index in [4.69, 9.17) is 0 Å². The number of amides is 1. The SMILES string of the molecule is CC(=O)Nc1ccccc1CNC(C)CN1CCCC1. The summed E-state index contributed by atoms with van der Waals surface area (Å²) in [6, 6.07) is 8.42. The van der Waals surface area contributed by atoms with E-state index in [9.17, 15) is 4.79 Å². The van der Waals surface area contributed by atoms with Gasteiger partial charge in [-0.3, -0.25) is 4.79 Å². The molecule has 1 amide bonds. The third-order valence-corrected chi connectivity index (χ3v) is 3.70. The summed E-state index contributed by atoms with van der Waals surface area (Å²) >= 11 is 0. The number of benzene rings is 1. The van der Waals surface area contributed by atoms with Gasteiger partial charge in [-0.15, -0.1) is 0 Å². The molecule has 0 bridgehead atoms. The number of hydrogen-bond donors (Lipinski definition) is 2. The van der Waals surface area contributed by atoms with Gasteiger partial charge in [0, 0.05) is 31.7 Å². The maximum absolute atomic E-state index is 11.2. The van der Waals surface area contributed by atoms with E-state index in [-0.39, 0.29) is 5.91 Å². The van der Waals surface area contributed by atoms with E-state index in [1.54, 1.807) is 6.92 Å². The van der Waals surface area contributed by atoms with E-state index in [1.807, 2.05) is 18.2 Å². The zero-order valence-electron chi connectivity index (χ0n) is 12.5. The number of rotatable bonds is 6. The first kappa shape index (κ1) is 15.0. The van der Waals surface area contributed by atoms with Crippen LogP contribution < -0.4 is 10.6 Å². The van der Waals surface area contributed by atoms with Crippen LogP contribution in [-0.4, -0.2) is 36.5 Å². The molecule has 2 rings (SSSR count). The summed E-state index contributed by atoms with van der Waals surface area (Å²) in [6.45, 7) is 8.11. The Hall–Kier alpha value is -1.39. The highest BCUT2D eigenvalue weighted by molar-refractivity contribution is 5.89. The predicted octanol–water partition coefficient (Wildman–Crippen LogP) is 2.22. The van der Waals surface area contributed by atoms with Crippen LogP contribution >= 0.6 is 0 Å². The van der Waals surface area contributed by atoms with Gasteiger partial charge in [0.1, 0.15) is 0 Å². The van der Waals surface area contributed by atoms with Gasteiger partial charge < -0.3 is 15.5 Å². The molecule has 1 fully saturated rings. The van der Waals surface area contributed by atoms with Crippen LogP contribution in [-0.2, 0) is 11.3 Å². The molecule has 4 heteroatoms. The Morgan fingerprint density at radius 1 is 1.30 bits per heavy atom. The summed E-state index contributed by atoms with van der Waals surface area (Å²) in [5.74, 6) is -0.0254. The van der Waals surface area contributed by atoms with Crippen molar-refractivity contribution in [2.75, 3.05) is 25.0 Å². The number of para-hydroxylation sites is 1. The number of nitrogens with zero attached hydrogens (tertiary/aromatic N) is 1. The zero-order valence-corrected chi connectivity index (χ0v) is 12.5. The largest absolute Gasteiger partial charge is 0.326 e. The molecule has 0 aromatic heterocycles. The fraction of sp³-hybridized carbons (Fsp3) is 0.562. The predicted molar refractivity (Wildman–Crippen MR) is 82.7 cm³/mol. The first-order chi connectivity index (χ1) is 9.65. The summed E-state index contributed by atoms with van der Waals surface area (Å²) in [7, 11) is 0. The average Bonchev–Trinajstić information content (AvgIpc) is 2.90. The first-order valence-corrected chi connectivity index (χ1v) is 7.46. The average molecular weight is 275 g/mol. The first-order valence-electron chi connectivity index (χ1n) is 7.46. The third-order valence-electron chi connectivity index (χ3n) is 3.70. The molecular weight excluding hydrogens is 250 g/mol. The highest BCUT2D eigenvalue weighted by Crippen LogP contribution is 2.15. The quantitative estimate of drug-likeness (QED) is 0.836. The number of nitrogens with one attached hydrogen (secondary N) is 2. The Morgan fingerprint density at radius 3 is 2.70 bits per heavy atom. The Balaban J connectivity index is 1.84. The van der Waals surface area contributed by atoms with Crippen molar-refractivity contribution >= 4 is 11.6 Å². The van der Waals surface area contributed by atoms with Gasteiger partial charge in [0.2, 0.25) is 5.91 Å². The monoisotopic (exact) mass is 275 g/mol. The van der Waals surface area contributed by atoms with Crippen molar-refractivity contribution in [2.24, 2.45) is 0 Å². The molecule has 4 nitrogen and oxygen atoms in total. The maximum Gasteiger partial charge on any atom is 0.221 e. The lowest BCUT2D eigenvalue weighted by molar-refractivity contribution is -0.114. The molecule has 0 aliphatic carbocycles. The van der Waals surface area contributed by atoms with Gasteiger partial charge >= 0.3 is 0 Å². The van der Waals surface area contributed by atoms with Gasteiger partial charge in [0.05, 0.1) is 0 Å². The van der Waals surface area contributed by atoms with E-state index in [0.29, 0.717) is 6.04 Å². The second kappa shape index (κ2) is 7.41. The summed E-state index contributed by atoms with van der Waals surface area (Å²) in [5, 5.41) is 6.43. The number of likely N-dealkylation sites (tertiary alicyclic amines) is 1. The van der Waals surface area contributed by atoms with Gasteiger partial charge in [-0.25, -0.2) is 0 Å². The minimum absolute atomic E-state index is 0.0254. The molecule has 1 atom stereocenters. The van der Waals surface area contributed by atoms with Crippen LogP contribution in [0.5, 0.6) is 0 Å². The second-order valence-corrected chi connectivity index (χ2v) is 5.63. The minimum atomic E-state index is -0.0254. The van der Waals surface area contributed by atoms with Crippen LogP contribution in [0.25, 0.3) is 0 Å². The Labute approximate surface area is 121 Å². The molecule has 2 N–H and O–H groups in total. The summed E-state index contributed by atoms with van der Waals surface area (Å²) < 4.78 is 0. The summed E-state index contributed by atoms with van der Waals surface area (Å²) in [4.78, 5) is 13.7. The molecule has 0 spiro atoms. The van der Waals surface area contributed by atoms with E-state index in [0.717, 1.165) is 24.3 Å². The Kier molecular flexibility index (Phi) is 5.56. The highest BCUT2D eigenvalue weighted by Gasteiger charge is 2.14. The van der Waals surface area contributed by atoms with Crippen LogP contribution in [0.2, 0.25) is 0 Å². The van der Waals surface area contributed by atoms with Crippen molar-refractivity contribution in [3.8, 4) is 0 Å². The third kappa shape index (κ3) is 4.62. The van der Waals surface area contributed by atoms with Gasteiger partial charge in [0.25, 0.3) is 0 Å². The topological polar surface area (TPSA) is 44.4 Å². The molecule has 1 saturated heterocycles. The normalized spacial score (nSPS) is 17.1. The minimum Gasteiger partial charge on any atom is -0.326 e. The van der Waals surface area contributed by atoms with Crippen LogP contribution in [0, 0.1) is 0 Å². The van der Waals surface area contributed by atoms with Crippen molar-refractivity contribution in [3.05, 3.63) is 29.8 Å². The van der Waals surface area contributed by atoms with Gasteiger partial charge in [-0.2, -0.15) is 0 Å². The molecular formula is C16H25N3O. The molecule has 1 aromatic rings. The molecule has 1 unspecified atom stereocenters. The molecule has 0 saturated carbocycles. The van der Waals surface area contributed by atoms with Gasteiger partial charge in [-0.05, 0) is 44.5 Å². The van der Waals surface area contributed by atoms with Crippen LogP contribution in [0.15, 0.2) is 24.3 Å². The van der Waals surface area contributed by atoms with Crippen molar-refractivity contribution in [2.45, 2.75) is 39.3 Å². The lowest BCUT2D eigenvalue weighted by atomic mass is 10.1. The molecule has 1 heterocycles. The summed E-state index contributed by atoms with van der Waals surface area (Å²) in [6.07, 6.45) is 2.66. The number of hydrogen-bond acceptors (Lipinski definition) is 3. The van der Waals surface area contributed by atoms with E-state index in [1.165, 1.54) is 25.9 Å². The Morgan fingerprint density at radius 2 is 2.00 bits per heavy atom. The van der Waals surface area contributed by atoms with Crippen molar-refractivity contribution in [1.29, 1.82) is 0 Å². The molecule has 0 radical (unpaired) electrons. The van der Waals surface area contributed by atoms with E-state index >= 15 is 0 Å². The number of carbonyl (C=O) groups is 1. The van der Waals surface area contributed by atoms with Crippen LogP contribution in [0.1, 0.15) is 32.3 Å². The molecule has 1 aliphatic heterocycles. The highest BCUT2D eigenvalue weighted by atomic mass is 16.1. The van der Waals surface area contributed by atoms with E-state index < -0.39 is 0 Å². The van der Waals surface area contributed by atoms with Crippen LogP contribution in [0.4, 0.5) is 5.69 Å². The van der Waals surface area contributed by atoms with Crippen molar-refractivity contribution in [1.82, 2.24) is 10.2 Å². The Bertz CT molecular complexity index is 441. The zero-order chi connectivity index (χ0) is 14.4. The molecule has 1 aromatic carbocycles. The molecule has 110 valence electrons. The summed E-state index contributed by atoms with van der Waals surface area (Å²) in [5.41, 5.74) is 2.04. The van der Waals surface area contributed by atoms with Gasteiger partial charge in [0.15, 0.2) is 0 Å². The lowest BCUT2D eigenvalue weighted by Gasteiger charge is -2.21. The van der Waals surface area contributed by atoms with Gasteiger partial charge in [-0.1, -0.05) is 18.2 Å². The van der Waals surface area contributed by atoms with Crippen molar-refractivity contribution < 1.29 is 4.79 Å². The number of anilines is 1. The van der Waals surface area contributed by atoms with E-state index in [2.05, 4.69) is 28.5 Å². The molecule has 20 heavy (non-hydrogen) atoms. The van der Waals surface area contributed by atoms with Crippen molar-refractivity contribution in [3.63, 3.8) is 0 Å². The fourth-order valence-corrected chi connectivity index (χ4v) is 2.69. The fourth-order valence-electron chi connectivity index (χ4n) is 2.69. The standard InChI is InChI=1S/C16H25N3O/c1-13(12-19-9-5-6-10-19)17-11-15-7-3-4-8-16(15)18-14(2)20/h3-4,7-8,13,17H,5-6,9-12H2,1-2H3,(H,18,20). The maximum atomic E-state index is 11.2.